The number of carbonyl (C=O) groups is 3. The third-order valence-corrected chi connectivity index (χ3v) is 5.13. The fraction of sp³-hybridized carbons (Fsp3) is 0.579. The largest absolute Gasteiger partial charge is 0.339 e. The second-order valence-corrected chi connectivity index (χ2v) is 6.93. The molecule has 0 N–H and O–H groups in total. The summed E-state index contributed by atoms with van der Waals surface area (Å²) < 4.78 is 0. The molecule has 2 fully saturated rings. The predicted molar refractivity (Wildman–Crippen MR) is 96.8 cm³/mol. The highest BCUT2D eigenvalue weighted by molar-refractivity contribution is 5.98. The lowest BCUT2D eigenvalue weighted by Gasteiger charge is -2.34. The molecule has 7 heteroatoms. The minimum Gasteiger partial charge on any atom is -0.339 e. The van der Waals surface area contributed by atoms with Gasteiger partial charge in [0.25, 0.3) is 11.8 Å². The number of amides is 3. The van der Waals surface area contributed by atoms with Crippen LogP contribution in [-0.4, -0.2) is 76.7 Å². The molecule has 0 aromatic carbocycles. The Hall–Kier alpha value is -2.44. The number of likely N-dealkylation sites (tertiary alicyclic amines) is 1. The van der Waals surface area contributed by atoms with Gasteiger partial charge in [-0.1, -0.05) is 12.8 Å². The maximum absolute atomic E-state index is 12.8. The molecule has 3 heterocycles. The molecule has 0 aliphatic carbocycles. The van der Waals surface area contributed by atoms with E-state index >= 15 is 0 Å². The van der Waals surface area contributed by atoms with E-state index in [-0.39, 0.29) is 17.7 Å². The second-order valence-electron chi connectivity index (χ2n) is 6.93. The number of hydrogen-bond donors (Lipinski definition) is 0. The van der Waals surface area contributed by atoms with Gasteiger partial charge in [0, 0.05) is 58.0 Å². The van der Waals surface area contributed by atoms with Gasteiger partial charge in [-0.2, -0.15) is 0 Å². The zero-order chi connectivity index (χ0) is 18.5. The SMILES string of the molecule is CC(=O)N1CCN(C(=O)c2cc(C(=O)N3CCCCCC3)ccn2)CC1. The monoisotopic (exact) mass is 358 g/mol. The van der Waals surface area contributed by atoms with E-state index in [0.717, 1.165) is 38.8 Å². The summed E-state index contributed by atoms with van der Waals surface area (Å²) in [5.41, 5.74) is 0.814. The molecule has 26 heavy (non-hydrogen) atoms. The fourth-order valence-electron chi connectivity index (χ4n) is 3.52. The first-order chi connectivity index (χ1) is 12.6. The summed E-state index contributed by atoms with van der Waals surface area (Å²) in [6.07, 6.45) is 5.92. The van der Waals surface area contributed by atoms with Crippen molar-refractivity contribution in [2.75, 3.05) is 39.3 Å². The Kier molecular flexibility index (Phi) is 5.85. The highest BCUT2D eigenvalue weighted by atomic mass is 16.2. The van der Waals surface area contributed by atoms with Crippen molar-refractivity contribution in [2.24, 2.45) is 0 Å². The van der Waals surface area contributed by atoms with E-state index in [1.54, 1.807) is 21.9 Å². The zero-order valence-electron chi connectivity index (χ0n) is 15.3. The van der Waals surface area contributed by atoms with Gasteiger partial charge in [0.15, 0.2) is 0 Å². The lowest BCUT2D eigenvalue weighted by molar-refractivity contribution is -0.130. The number of hydrogen-bond acceptors (Lipinski definition) is 4. The minimum atomic E-state index is -0.182. The van der Waals surface area contributed by atoms with Gasteiger partial charge in [-0.15, -0.1) is 0 Å². The second kappa shape index (κ2) is 8.29. The molecular weight excluding hydrogens is 332 g/mol. The molecule has 2 aliphatic heterocycles. The quantitative estimate of drug-likeness (QED) is 0.801. The number of rotatable bonds is 2. The summed E-state index contributed by atoms with van der Waals surface area (Å²) in [4.78, 5) is 46.4. The van der Waals surface area contributed by atoms with Crippen LogP contribution in [0, 0.1) is 0 Å². The normalized spacial score (nSPS) is 18.4. The number of aromatic nitrogens is 1. The van der Waals surface area contributed by atoms with Crippen LogP contribution < -0.4 is 0 Å². The average molecular weight is 358 g/mol. The maximum atomic E-state index is 12.8. The van der Waals surface area contributed by atoms with E-state index in [0.29, 0.717) is 37.4 Å². The third-order valence-electron chi connectivity index (χ3n) is 5.13. The van der Waals surface area contributed by atoms with Crippen LogP contribution in [0.2, 0.25) is 0 Å². The third kappa shape index (κ3) is 4.20. The molecule has 0 saturated carbocycles. The molecule has 1 aromatic heterocycles. The Morgan fingerprint density at radius 2 is 1.38 bits per heavy atom. The average Bonchev–Trinajstić information content (AvgIpc) is 2.96. The van der Waals surface area contributed by atoms with Gasteiger partial charge >= 0.3 is 0 Å². The molecule has 3 amide bonds. The van der Waals surface area contributed by atoms with Gasteiger partial charge in [0.2, 0.25) is 5.91 Å². The van der Waals surface area contributed by atoms with Crippen LogP contribution in [0.15, 0.2) is 18.3 Å². The number of piperazine rings is 1. The van der Waals surface area contributed by atoms with Crippen molar-refractivity contribution in [3.63, 3.8) is 0 Å². The van der Waals surface area contributed by atoms with Crippen molar-refractivity contribution in [3.05, 3.63) is 29.6 Å². The molecule has 0 spiro atoms. The van der Waals surface area contributed by atoms with E-state index < -0.39 is 0 Å². The van der Waals surface area contributed by atoms with Gasteiger partial charge in [-0.25, -0.2) is 0 Å². The van der Waals surface area contributed by atoms with Gasteiger partial charge in [-0.3, -0.25) is 19.4 Å². The smallest absolute Gasteiger partial charge is 0.272 e. The van der Waals surface area contributed by atoms with Crippen LogP contribution >= 0.6 is 0 Å². The molecule has 2 aliphatic rings. The molecule has 2 saturated heterocycles. The van der Waals surface area contributed by atoms with Gasteiger partial charge in [0.1, 0.15) is 5.69 Å². The van der Waals surface area contributed by atoms with E-state index in [1.165, 1.54) is 13.1 Å². The van der Waals surface area contributed by atoms with E-state index in [2.05, 4.69) is 4.98 Å². The van der Waals surface area contributed by atoms with Crippen molar-refractivity contribution >= 4 is 17.7 Å². The van der Waals surface area contributed by atoms with Crippen LogP contribution in [-0.2, 0) is 4.79 Å². The van der Waals surface area contributed by atoms with E-state index in [1.807, 2.05) is 4.90 Å². The fourth-order valence-corrected chi connectivity index (χ4v) is 3.52. The van der Waals surface area contributed by atoms with Crippen molar-refractivity contribution in [3.8, 4) is 0 Å². The molecule has 3 rings (SSSR count). The lowest BCUT2D eigenvalue weighted by atomic mass is 10.1. The highest BCUT2D eigenvalue weighted by Gasteiger charge is 2.25. The van der Waals surface area contributed by atoms with Crippen molar-refractivity contribution in [2.45, 2.75) is 32.6 Å². The van der Waals surface area contributed by atoms with Crippen LogP contribution in [0.1, 0.15) is 53.5 Å². The van der Waals surface area contributed by atoms with Crippen molar-refractivity contribution in [1.82, 2.24) is 19.7 Å². The molecule has 0 bridgehead atoms. The highest BCUT2D eigenvalue weighted by Crippen LogP contribution is 2.15. The van der Waals surface area contributed by atoms with Gasteiger partial charge in [0.05, 0.1) is 0 Å². The summed E-state index contributed by atoms with van der Waals surface area (Å²) in [6.45, 7) is 5.14. The Bertz CT molecular complexity index is 675. The van der Waals surface area contributed by atoms with Crippen molar-refractivity contribution in [1.29, 1.82) is 0 Å². The Morgan fingerprint density at radius 1 is 0.808 bits per heavy atom. The van der Waals surface area contributed by atoms with E-state index in [9.17, 15) is 14.4 Å². The molecule has 0 atom stereocenters. The molecule has 0 radical (unpaired) electrons. The summed E-state index contributed by atoms with van der Waals surface area (Å²) in [5.74, 6) is -0.177. The maximum Gasteiger partial charge on any atom is 0.272 e. The number of pyridine rings is 1. The van der Waals surface area contributed by atoms with E-state index in [4.69, 9.17) is 0 Å². The molecule has 0 unspecified atom stereocenters. The summed E-state index contributed by atoms with van der Waals surface area (Å²) in [6, 6.07) is 3.28. The standard InChI is InChI=1S/C19H26N4O3/c1-15(24)21-10-12-23(13-11-21)19(26)17-14-16(6-7-20-17)18(25)22-8-4-2-3-5-9-22/h6-7,14H,2-5,8-13H2,1H3. The van der Waals surface area contributed by atoms with Crippen LogP contribution in [0.4, 0.5) is 0 Å². The van der Waals surface area contributed by atoms with Crippen LogP contribution in [0.5, 0.6) is 0 Å². The number of nitrogens with zero attached hydrogens (tertiary/aromatic N) is 4. The summed E-state index contributed by atoms with van der Waals surface area (Å²) >= 11 is 0. The topological polar surface area (TPSA) is 73.8 Å². The van der Waals surface area contributed by atoms with Crippen LogP contribution in [0.25, 0.3) is 0 Å². The Morgan fingerprint density at radius 3 is 2.00 bits per heavy atom. The molecule has 7 nitrogen and oxygen atoms in total. The van der Waals surface area contributed by atoms with Gasteiger partial charge < -0.3 is 14.7 Å². The molecule has 1 aromatic rings. The summed E-state index contributed by atoms with van der Waals surface area (Å²) in [5, 5.41) is 0. The van der Waals surface area contributed by atoms with Crippen molar-refractivity contribution < 1.29 is 14.4 Å². The van der Waals surface area contributed by atoms with Gasteiger partial charge in [-0.05, 0) is 25.0 Å². The summed E-state index contributed by atoms with van der Waals surface area (Å²) in [7, 11) is 0. The first-order valence-electron chi connectivity index (χ1n) is 9.36. The lowest BCUT2D eigenvalue weighted by Crippen LogP contribution is -2.50. The molecule has 140 valence electrons. The first-order valence-corrected chi connectivity index (χ1v) is 9.36. The van der Waals surface area contributed by atoms with Crippen LogP contribution in [0.3, 0.4) is 0 Å². The Balaban J connectivity index is 1.67. The molecular formula is C19H26N4O3. The zero-order valence-corrected chi connectivity index (χ0v) is 15.3. The minimum absolute atomic E-state index is 0.0234. The first kappa shape index (κ1) is 18.4. The predicted octanol–water partition coefficient (Wildman–Crippen LogP) is 1.40. The number of carbonyl (C=O) groups excluding carboxylic acids is 3. The Labute approximate surface area is 154 Å².